The zero-order valence-corrected chi connectivity index (χ0v) is 20.4. The zero-order chi connectivity index (χ0) is 24.7. The molecule has 1 unspecified atom stereocenters. The number of carbonyl (C=O) groups is 3. The van der Waals surface area contributed by atoms with Crippen molar-refractivity contribution >= 4 is 33.7 Å². The lowest BCUT2D eigenvalue weighted by molar-refractivity contribution is -0.155. The van der Waals surface area contributed by atoms with Crippen molar-refractivity contribution in [3.63, 3.8) is 0 Å². The van der Waals surface area contributed by atoms with Crippen LogP contribution in [0.1, 0.15) is 44.6 Å². The largest absolute Gasteiger partial charge is 0.497 e. The molecule has 1 N–H and O–H groups in total. The average molecular weight is 493 g/mol. The predicted octanol–water partition coefficient (Wildman–Crippen LogP) is 1.71. The third-order valence-electron chi connectivity index (χ3n) is 6.20. The second-order valence-corrected chi connectivity index (χ2v) is 11.0. The van der Waals surface area contributed by atoms with Crippen molar-refractivity contribution in [2.45, 2.75) is 57.2 Å². The van der Waals surface area contributed by atoms with Gasteiger partial charge in [0.1, 0.15) is 11.8 Å². The lowest BCUT2D eigenvalue weighted by Crippen LogP contribution is -2.49. The van der Waals surface area contributed by atoms with Crippen LogP contribution in [0.15, 0.2) is 30.3 Å². The molecule has 10 heteroatoms. The second-order valence-electron chi connectivity index (χ2n) is 8.74. The molecule has 0 spiro atoms. The lowest BCUT2D eigenvalue weighted by Gasteiger charge is -2.34. The first-order valence-electron chi connectivity index (χ1n) is 11.5. The Kier molecular flexibility index (Phi) is 8.71. The molecule has 1 saturated heterocycles. The van der Waals surface area contributed by atoms with Gasteiger partial charge < -0.3 is 19.7 Å². The minimum Gasteiger partial charge on any atom is -0.497 e. The minimum atomic E-state index is -3.15. The summed E-state index contributed by atoms with van der Waals surface area (Å²) in [7, 11) is -1.59. The molecule has 1 aromatic rings. The van der Waals surface area contributed by atoms with Crippen LogP contribution in [-0.4, -0.2) is 74.4 Å². The standard InChI is InChI=1S/C24H32N2O7S/c1-17(25-22(27)12-9-18-7-10-21(32-2)11-8-18)24(29)33-15-23(28)26(19-5-3-4-6-19)20-13-14-34(30,31)16-20/h7-12,17,19-20H,3-6,13-16H2,1-2H3,(H,25,27)/b12-9+/t17-,20?/m0/s1. The number of benzene rings is 1. The highest BCUT2D eigenvalue weighted by Gasteiger charge is 2.39. The summed E-state index contributed by atoms with van der Waals surface area (Å²) in [5.41, 5.74) is 0.790. The SMILES string of the molecule is COc1ccc(/C=C/C(=O)N[C@@H](C)C(=O)OCC(=O)N(C2CCCC2)C2CCS(=O)(=O)C2)cc1. The molecular formula is C24H32N2O7S. The van der Waals surface area contributed by atoms with Gasteiger partial charge in [0.15, 0.2) is 16.4 Å². The van der Waals surface area contributed by atoms with Crippen LogP contribution in [0, 0.1) is 0 Å². The highest BCUT2D eigenvalue weighted by Crippen LogP contribution is 2.29. The Morgan fingerprint density at radius 1 is 1.12 bits per heavy atom. The first-order chi connectivity index (χ1) is 16.2. The summed E-state index contributed by atoms with van der Waals surface area (Å²) < 4.78 is 34.1. The van der Waals surface area contributed by atoms with Gasteiger partial charge in [-0.05, 0) is 50.0 Å². The molecule has 2 amide bonds. The van der Waals surface area contributed by atoms with Gasteiger partial charge in [0.2, 0.25) is 5.91 Å². The van der Waals surface area contributed by atoms with Crippen LogP contribution in [0.5, 0.6) is 5.75 Å². The van der Waals surface area contributed by atoms with Crippen LogP contribution >= 0.6 is 0 Å². The van der Waals surface area contributed by atoms with E-state index < -0.39 is 34.4 Å². The van der Waals surface area contributed by atoms with E-state index in [1.54, 1.807) is 42.4 Å². The average Bonchev–Trinajstić information content (AvgIpc) is 3.46. The number of esters is 1. The maximum atomic E-state index is 12.9. The number of ether oxygens (including phenoxy) is 2. The summed E-state index contributed by atoms with van der Waals surface area (Å²) in [6.07, 6.45) is 6.93. The van der Waals surface area contributed by atoms with Crippen molar-refractivity contribution in [3.8, 4) is 5.75 Å². The number of hydrogen-bond donors (Lipinski definition) is 1. The van der Waals surface area contributed by atoms with E-state index in [2.05, 4.69) is 5.32 Å². The van der Waals surface area contributed by atoms with Gasteiger partial charge in [0.25, 0.3) is 5.91 Å². The minimum absolute atomic E-state index is 0.0234. The van der Waals surface area contributed by atoms with Crippen LogP contribution in [0.4, 0.5) is 0 Å². The molecule has 34 heavy (non-hydrogen) atoms. The van der Waals surface area contributed by atoms with Gasteiger partial charge in [-0.2, -0.15) is 0 Å². The topological polar surface area (TPSA) is 119 Å². The smallest absolute Gasteiger partial charge is 0.328 e. The van der Waals surface area contributed by atoms with Crippen molar-refractivity contribution in [2.24, 2.45) is 0 Å². The highest BCUT2D eigenvalue weighted by atomic mass is 32.2. The lowest BCUT2D eigenvalue weighted by atomic mass is 10.1. The van der Waals surface area contributed by atoms with Crippen LogP contribution in [0.2, 0.25) is 0 Å². The first kappa shape index (κ1) is 25.7. The quantitative estimate of drug-likeness (QED) is 0.412. The fourth-order valence-electron chi connectivity index (χ4n) is 4.42. The number of nitrogens with zero attached hydrogens (tertiary/aromatic N) is 1. The Hall–Kier alpha value is -2.88. The Morgan fingerprint density at radius 3 is 2.38 bits per heavy atom. The van der Waals surface area contributed by atoms with Crippen LogP contribution in [0.3, 0.4) is 0 Å². The van der Waals surface area contributed by atoms with Gasteiger partial charge in [-0.15, -0.1) is 0 Å². The van der Waals surface area contributed by atoms with Crippen LogP contribution in [-0.2, 0) is 29.0 Å². The number of sulfone groups is 1. The van der Waals surface area contributed by atoms with E-state index in [-0.39, 0.29) is 29.5 Å². The zero-order valence-electron chi connectivity index (χ0n) is 19.6. The molecule has 186 valence electrons. The number of hydrogen-bond acceptors (Lipinski definition) is 7. The molecule has 1 saturated carbocycles. The molecule has 0 radical (unpaired) electrons. The molecular weight excluding hydrogens is 460 g/mol. The molecule has 2 aliphatic rings. The van der Waals surface area contributed by atoms with Gasteiger partial charge in [-0.25, -0.2) is 13.2 Å². The molecule has 0 aromatic heterocycles. The molecule has 1 heterocycles. The van der Waals surface area contributed by atoms with E-state index in [9.17, 15) is 22.8 Å². The van der Waals surface area contributed by atoms with Gasteiger partial charge in [0, 0.05) is 18.2 Å². The Labute approximate surface area is 200 Å². The number of carbonyl (C=O) groups excluding carboxylic acids is 3. The van der Waals surface area contributed by atoms with Gasteiger partial charge in [-0.1, -0.05) is 25.0 Å². The molecule has 1 aliphatic heterocycles. The van der Waals surface area contributed by atoms with Gasteiger partial charge in [-0.3, -0.25) is 9.59 Å². The normalized spacial score (nSPS) is 20.7. The van der Waals surface area contributed by atoms with Crippen molar-refractivity contribution in [2.75, 3.05) is 25.2 Å². The summed E-state index contributed by atoms with van der Waals surface area (Å²) in [4.78, 5) is 39.1. The molecule has 1 aliphatic carbocycles. The Morgan fingerprint density at radius 2 is 1.79 bits per heavy atom. The van der Waals surface area contributed by atoms with E-state index in [1.165, 1.54) is 13.0 Å². The number of rotatable bonds is 9. The molecule has 9 nitrogen and oxygen atoms in total. The number of nitrogens with one attached hydrogen (secondary N) is 1. The Bertz CT molecular complexity index is 1010. The third kappa shape index (κ3) is 7.06. The summed E-state index contributed by atoms with van der Waals surface area (Å²) in [6, 6.07) is 5.77. The predicted molar refractivity (Wildman–Crippen MR) is 127 cm³/mol. The fourth-order valence-corrected chi connectivity index (χ4v) is 6.13. The number of amides is 2. The van der Waals surface area contributed by atoms with Crippen molar-refractivity contribution in [1.29, 1.82) is 0 Å². The van der Waals surface area contributed by atoms with Crippen LogP contribution in [0.25, 0.3) is 6.08 Å². The second kappa shape index (κ2) is 11.5. The third-order valence-corrected chi connectivity index (χ3v) is 7.95. The molecule has 0 bridgehead atoms. The van der Waals surface area contributed by atoms with E-state index >= 15 is 0 Å². The Balaban J connectivity index is 1.50. The van der Waals surface area contributed by atoms with Crippen molar-refractivity contribution in [1.82, 2.24) is 10.2 Å². The molecule has 2 fully saturated rings. The number of methoxy groups -OCH3 is 1. The molecule has 2 atom stereocenters. The monoisotopic (exact) mass is 492 g/mol. The van der Waals surface area contributed by atoms with Crippen molar-refractivity contribution in [3.05, 3.63) is 35.9 Å². The summed E-state index contributed by atoms with van der Waals surface area (Å²) in [5, 5.41) is 2.52. The maximum absolute atomic E-state index is 12.9. The first-order valence-corrected chi connectivity index (χ1v) is 13.3. The van der Waals surface area contributed by atoms with Crippen LogP contribution < -0.4 is 10.1 Å². The molecule has 1 aromatic carbocycles. The summed E-state index contributed by atoms with van der Waals surface area (Å²) in [5.74, 6) is -0.869. The fraction of sp³-hybridized carbons (Fsp3) is 0.542. The summed E-state index contributed by atoms with van der Waals surface area (Å²) in [6.45, 7) is 0.998. The summed E-state index contributed by atoms with van der Waals surface area (Å²) >= 11 is 0. The highest BCUT2D eigenvalue weighted by molar-refractivity contribution is 7.91. The van der Waals surface area contributed by atoms with E-state index in [1.807, 2.05) is 0 Å². The van der Waals surface area contributed by atoms with Gasteiger partial charge in [0.05, 0.1) is 18.6 Å². The van der Waals surface area contributed by atoms with Gasteiger partial charge >= 0.3 is 5.97 Å². The van der Waals surface area contributed by atoms with Crippen molar-refractivity contribution < 1.29 is 32.3 Å². The van der Waals surface area contributed by atoms with E-state index in [4.69, 9.17) is 9.47 Å². The molecule has 3 rings (SSSR count). The van der Waals surface area contributed by atoms with E-state index in [0.29, 0.717) is 12.2 Å². The maximum Gasteiger partial charge on any atom is 0.328 e. The van der Waals surface area contributed by atoms with E-state index in [0.717, 1.165) is 31.2 Å².